The van der Waals surface area contributed by atoms with Gasteiger partial charge in [-0.05, 0) is 30.5 Å². The van der Waals surface area contributed by atoms with Gasteiger partial charge in [-0.3, -0.25) is 4.79 Å². The van der Waals surface area contributed by atoms with E-state index in [1.165, 1.54) is 12.1 Å². The first kappa shape index (κ1) is 11.1. The van der Waals surface area contributed by atoms with E-state index < -0.39 is 0 Å². The van der Waals surface area contributed by atoms with Crippen molar-refractivity contribution in [2.24, 2.45) is 0 Å². The predicted molar refractivity (Wildman–Crippen MR) is 60.3 cm³/mol. The smallest absolute Gasteiger partial charge is 0.222 e. The number of amides is 1. The highest BCUT2D eigenvalue weighted by Crippen LogP contribution is 2.14. The van der Waals surface area contributed by atoms with Crippen molar-refractivity contribution in [2.75, 3.05) is 6.54 Å². The fourth-order valence-corrected chi connectivity index (χ4v) is 2.02. The van der Waals surface area contributed by atoms with Crippen LogP contribution >= 0.6 is 0 Å². The summed E-state index contributed by atoms with van der Waals surface area (Å²) >= 11 is 0. The van der Waals surface area contributed by atoms with Crippen molar-refractivity contribution in [3.05, 3.63) is 35.6 Å². The Morgan fingerprint density at radius 1 is 1.12 bits per heavy atom. The van der Waals surface area contributed by atoms with Crippen LogP contribution in [0.2, 0.25) is 0 Å². The molecule has 0 radical (unpaired) electrons. The van der Waals surface area contributed by atoms with Gasteiger partial charge in [-0.1, -0.05) is 18.6 Å². The second-order valence-electron chi connectivity index (χ2n) is 4.25. The van der Waals surface area contributed by atoms with E-state index in [0.29, 0.717) is 13.0 Å². The third-order valence-corrected chi connectivity index (χ3v) is 2.96. The topological polar surface area (TPSA) is 20.3 Å². The van der Waals surface area contributed by atoms with Gasteiger partial charge in [0, 0.05) is 19.5 Å². The van der Waals surface area contributed by atoms with Gasteiger partial charge in [0.05, 0.1) is 0 Å². The average molecular weight is 221 g/mol. The van der Waals surface area contributed by atoms with Gasteiger partial charge in [-0.2, -0.15) is 0 Å². The zero-order valence-electron chi connectivity index (χ0n) is 9.29. The van der Waals surface area contributed by atoms with Gasteiger partial charge in [-0.25, -0.2) is 4.39 Å². The van der Waals surface area contributed by atoms with Crippen molar-refractivity contribution in [2.45, 2.75) is 32.2 Å². The van der Waals surface area contributed by atoms with Gasteiger partial charge in [0.1, 0.15) is 5.82 Å². The van der Waals surface area contributed by atoms with Crippen LogP contribution in [0.4, 0.5) is 4.39 Å². The standard InChI is InChI=1S/C13H16FNO/c14-12-7-5-11(6-8-12)10-15-9-3-1-2-4-13(15)16/h5-8H,1-4,9-10H2. The number of carbonyl (C=O) groups is 1. The first-order chi connectivity index (χ1) is 7.75. The van der Waals surface area contributed by atoms with Crippen LogP contribution in [0, 0.1) is 5.82 Å². The van der Waals surface area contributed by atoms with E-state index in [2.05, 4.69) is 0 Å². The highest BCUT2D eigenvalue weighted by atomic mass is 19.1. The number of benzene rings is 1. The molecule has 1 saturated heterocycles. The minimum Gasteiger partial charge on any atom is -0.338 e. The molecule has 16 heavy (non-hydrogen) atoms. The molecule has 0 atom stereocenters. The molecule has 86 valence electrons. The van der Waals surface area contributed by atoms with E-state index in [0.717, 1.165) is 31.4 Å². The Hall–Kier alpha value is -1.38. The molecule has 0 N–H and O–H groups in total. The van der Waals surface area contributed by atoms with E-state index in [4.69, 9.17) is 0 Å². The molecule has 3 heteroatoms. The molecule has 1 aromatic rings. The molecule has 1 heterocycles. The summed E-state index contributed by atoms with van der Waals surface area (Å²) in [5.41, 5.74) is 0.997. The Morgan fingerprint density at radius 3 is 2.62 bits per heavy atom. The van der Waals surface area contributed by atoms with E-state index in [1.807, 2.05) is 4.90 Å². The van der Waals surface area contributed by atoms with Crippen LogP contribution in [0.5, 0.6) is 0 Å². The number of hydrogen-bond acceptors (Lipinski definition) is 1. The average Bonchev–Trinajstić information content (AvgIpc) is 2.48. The van der Waals surface area contributed by atoms with Crippen molar-refractivity contribution in [1.82, 2.24) is 4.90 Å². The maximum absolute atomic E-state index is 12.7. The molecular formula is C13H16FNO. The number of likely N-dealkylation sites (tertiary alicyclic amines) is 1. The van der Waals surface area contributed by atoms with E-state index in [-0.39, 0.29) is 11.7 Å². The van der Waals surface area contributed by atoms with Crippen LogP contribution in [-0.2, 0) is 11.3 Å². The number of halogens is 1. The summed E-state index contributed by atoms with van der Waals surface area (Å²) in [6, 6.07) is 6.37. The SMILES string of the molecule is O=C1CCCCCN1Cc1ccc(F)cc1. The molecule has 0 unspecified atom stereocenters. The minimum atomic E-state index is -0.231. The zero-order chi connectivity index (χ0) is 11.4. The number of nitrogens with zero attached hydrogens (tertiary/aromatic N) is 1. The molecule has 1 fully saturated rings. The second-order valence-corrected chi connectivity index (χ2v) is 4.25. The van der Waals surface area contributed by atoms with Gasteiger partial charge in [-0.15, -0.1) is 0 Å². The maximum atomic E-state index is 12.7. The zero-order valence-corrected chi connectivity index (χ0v) is 9.29. The third-order valence-electron chi connectivity index (χ3n) is 2.96. The molecular weight excluding hydrogens is 205 g/mol. The first-order valence-corrected chi connectivity index (χ1v) is 5.78. The van der Waals surface area contributed by atoms with Crippen molar-refractivity contribution in [1.29, 1.82) is 0 Å². The van der Waals surface area contributed by atoms with Gasteiger partial charge in [0.25, 0.3) is 0 Å². The lowest BCUT2D eigenvalue weighted by atomic mass is 10.2. The highest BCUT2D eigenvalue weighted by Gasteiger charge is 2.16. The molecule has 0 bridgehead atoms. The molecule has 0 aromatic heterocycles. The summed E-state index contributed by atoms with van der Waals surface area (Å²) in [7, 11) is 0. The third kappa shape index (κ3) is 2.81. The Labute approximate surface area is 95.1 Å². The largest absolute Gasteiger partial charge is 0.338 e. The second kappa shape index (κ2) is 5.10. The summed E-state index contributed by atoms with van der Waals surface area (Å²) in [4.78, 5) is 13.6. The van der Waals surface area contributed by atoms with E-state index >= 15 is 0 Å². The molecule has 0 saturated carbocycles. The molecule has 2 rings (SSSR count). The van der Waals surface area contributed by atoms with Crippen molar-refractivity contribution in [3.63, 3.8) is 0 Å². The highest BCUT2D eigenvalue weighted by molar-refractivity contribution is 5.76. The summed E-state index contributed by atoms with van der Waals surface area (Å²) < 4.78 is 12.7. The maximum Gasteiger partial charge on any atom is 0.222 e. The predicted octanol–water partition coefficient (Wildman–Crippen LogP) is 2.73. The summed E-state index contributed by atoms with van der Waals surface area (Å²) in [5.74, 6) is -0.00670. The number of hydrogen-bond donors (Lipinski definition) is 0. The quantitative estimate of drug-likeness (QED) is 0.752. The van der Waals surface area contributed by atoms with Crippen LogP contribution in [0.3, 0.4) is 0 Å². The molecule has 1 aliphatic heterocycles. The fourth-order valence-electron chi connectivity index (χ4n) is 2.02. The van der Waals surface area contributed by atoms with Crippen molar-refractivity contribution < 1.29 is 9.18 Å². The van der Waals surface area contributed by atoms with Crippen LogP contribution < -0.4 is 0 Å². The lowest BCUT2D eigenvalue weighted by Crippen LogP contribution is -2.29. The molecule has 0 spiro atoms. The van der Waals surface area contributed by atoms with Crippen molar-refractivity contribution >= 4 is 5.91 Å². The van der Waals surface area contributed by atoms with Crippen LogP contribution in [0.25, 0.3) is 0 Å². The molecule has 1 aromatic carbocycles. The lowest BCUT2D eigenvalue weighted by Gasteiger charge is -2.20. The number of carbonyl (C=O) groups excluding carboxylic acids is 1. The summed E-state index contributed by atoms with van der Waals surface area (Å²) in [6.45, 7) is 1.44. The lowest BCUT2D eigenvalue weighted by molar-refractivity contribution is -0.131. The van der Waals surface area contributed by atoms with E-state index in [9.17, 15) is 9.18 Å². The fraction of sp³-hybridized carbons (Fsp3) is 0.462. The van der Waals surface area contributed by atoms with E-state index in [1.54, 1.807) is 12.1 Å². The van der Waals surface area contributed by atoms with Gasteiger partial charge < -0.3 is 4.90 Å². The monoisotopic (exact) mass is 221 g/mol. The van der Waals surface area contributed by atoms with Crippen molar-refractivity contribution in [3.8, 4) is 0 Å². The molecule has 0 aliphatic carbocycles. The Bertz CT molecular complexity index is 361. The summed E-state index contributed by atoms with van der Waals surface area (Å²) in [5, 5.41) is 0. The molecule has 1 aliphatic rings. The van der Waals surface area contributed by atoms with Crippen LogP contribution in [0.1, 0.15) is 31.2 Å². The van der Waals surface area contributed by atoms with Gasteiger partial charge in [0.15, 0.2) is 0 Å². The van der Waals surface area contributed by atoms with Crippen LogP contribution in [-0.4, -0.2) is 17.4 Å². The molecule has 1 amide bonds. The Kier molecular flexibility index (Phi) is 3.54. The first-order valence-electron chi connectivity index (χ1n) is 5.78. The Balaban J connectivity index is 2.02. The normalized spacial score (nSPS) is 17.3. The number of rotatable bonds is 2. The molecule has 2 nitrogen and oxygen atoms in total. The van der Waals surface area contributed by atoms with Gasteiger partial charge >= 0.3 is 0 Å². The van der Waals surface area contributed by atoms with Crippen LogP contribution in [0.15, 0.2) is 24.3 Å². The minimum absolute atomic E-state index is 0.224. The van der Waals surface area contributed by atoms with Gasteiger partial charge in [0.2, 0.25) is 5.91 Å². The summed E-state index contributed by atoms with van der Waals surface area (Å²) in [6.07, 6.45) is 3.86. The Morgan fingerprint density at radius 2 is 1.88 bits per heavy atom.